The van der Waals surface area contributed by atoms with Gasteiger partial charge in [0.15, 0.2) is 0 Å². The second kappa shape index (κ2) is 8.57. The third-order valence-corrected chi connectivity index (χ3v) is 2.88. The second-order valence-electron chi connectivity index (χ2n) is 4.63. The molecule has 0 radical (unpaired) electrons. The highest BCUT2D eigenvalue weighted by atomic mass is 16.5. The molecule has 3 heteroatoms. The maximum Gasteiger partial charge on any atom is 0.311 e. The van der Waals surface area contributed by atoms with E-state index in [4.69, 9.17) is 4.74 Å². The molecule has 0 heterocycles. The number of aliphatic hydroxyl groups is 1. The summed E-state index contributed by atoms with van der Waals surface area (Å²) < 4.78 is 5.25. The Morgan fingerprint density at radius 1 is 1.19 bits per heavy atom. The van der Waals surface area contributed by atoms with Crippen LogP contribution in [0, 0.1) is 5.92 Å². The van der Waals surface area contributed by atoms with Gasteiger partial charge >= 0.3 is 5.97 Å². The van der Waals surface area contributed by atoms with Gasteiger partial charge in [-0.2, -0.15) is 0 Å². The van der Waals surface area contributed by atoms with Gasteiger partial charge in [0, 0.05) is 0 Å². The molecule has 0 spiro atoms. The van der Waals surface area contributed by atoms with E-state index in [0.717, 1.165) is 12.8 Å². The molecule has 0 rings (SSSR count). The number of carbonyl (C=O) groups excluding carboxylic acids is 1. The summed E-state index contributed by atoms with van der Waals surface area (Å²) >= 11 is 0. The van der Waals surface area contributed by atoms with Gasteiger partial charge in [-0.1, -0.05) is 26.2 Å². The first-order chi connectivity index (χ1) is 7.49. The average Bonchev–Trinajstić information content (AvgIpc) is 2.23. The highest BCUT2D eigenvalue weighted by molar-refractivity contribution is 5.72. The number of hydrogen-bond acceptors (Lipinski definition) is 3. The largest absolute Gasteiger partial charge is 0.462 e. The fourth-order valence-corrected chi connectivity index (χ4v) is 1.42. The van der Waals surface area contributed by atoms with E-state index in [1.165, 1.54) is 19.3 Å². The first-order valence-electron chi connectivity index (χ1n) is 6.37. The highest BCUT2D eigenvalue weighted by Crippen LogP contribution is 2.11. The van der Waals surface area contributed by atoms with E-state index in [2.05, 4.69) is 6.92 Å². The van der Waals surface area contributed by atoms with Crippen LogP contribution in [-0.2, 0) is 9.53 Å². The van der Waals surface area contributed by atoms with Crippen molar-refractivity contribution in [3.05, 3.63) is 0 Å². The zero-order valence-corrected chi connectivity index (χ0v) is 11.0. The molecule has 0 aliphatic rings. The number of hydrogen-bond donors (Lipinski definition) is 1. The van der Waals surface area contributed by atoms with Crippen molar-refractivity contribution in [2.45, 2.75) is 72.0 Å². The van der Waals surface area contributed by atoms with Gasteiger partial charge in [-0.15, -0.1) is 0 Å². The highest BCUT2D eigenvalue weighted by Gasteiger charge is 2.21. The average molecular weight is 230 g/mol. The SMILES string of the molecule is CCCCCC[C@@H](C)OC(=O)C(C)[C@@H](C)O. The molecular weight excluding hydrogens is 204 g/mol. The van der Waals surface area contributed by atoms with Crippen LogP contribution in [0.4, 0.5) is 0 Å². The summed E-state index contributed by atoms with van der Waals surface area (Å²) in [6.45, 7) is 7.39. The Balaban J connectivity index is 3.69. The molecule has 0 aromatic rings. The Morgan fingerprint density at radius 2 is 1.81 bits per heavy atom. The third kappa shape index (κ3) is 6.83. The van der Waals surface area contributed by atoms with E-state index in [1.54, 1.807) is 13.8 Å². The topological polar surface area (TPSA) is 46.5 Å². The van der Waals surface area contributed by atoms with Gasteiger partial charge in [0.1, 0.15) is 0 Å². The lowest BCUT2D eigenvalue weighted by molar-refractivity contribution is -0.156. The normalized spacial score (nSPS) is 16.6. The van der Waals surface area contributed by atoms with Gasteiger partial charge in [-0.3, -0.25) is 4.79 Å². The quantitative estimate of drug-likeness (QED) is 0.515. The molecule has 3 atom stereocenters. The molecule has 0 aliphatic heterocycles. The molecule has 0 aromatic heterocycles. The third-order valence-electron chi connectivity index (χ3n) is 2.88. The van der Waals surface area contributed by atoms with Crippen molar-refractivity contribution in [2.24, 2.45) is 5.92 Å². The minimum atomic E-state index is -0.639. The van der Waals surface area contributed by atoms with E-state index < -0.39 is 12.0 Å². The van der Waals surface area contributed by atoms with Crippen molar-refractivity contribution in [2.75, 3.05) is 0 Å². The first kappa shape index (κ1) is 15.4. The summed E-state index contributed by atoms with van der Waals surface area (Å²) in [5, 5.41) is 9.25. The predicted molar refractivity (Wildman–Crippen MR) is 65.2 cm³/mol. The van der Waals surface area contributed by atoms with Crippen LogP contribution in [0.1, 0.15) is 59.8 Å². The van der Waals surface area contributed by atoms with Crippen molar-refractivity contribution in [3.8, 4) is 0 Å². The number of aliphatic hydroxyl groups excluding tert-OH is 1. The minimum Gasteiger partial charge on any atom is -0.462 e. The van der Waals surface area contributed by atoms with Crippen LogP contribution in [0.3, 0.4) is 0 Å². The second-order valence-corrected chi connectivity index (χ2v) is 4.63. The van der Waals surface area contributed by atoms with E-state index in [1.807, 2.05) is 6.92 Å². The molecule has 0 saturated carbocycles. The summed E-state index contributed by atoms with van der Waals surface area (Å²) in [5.74, 6) is -0.726. The zero-order chi connectivity index (χ0) is 12.6. The van der Waals surface area contributed by atoms with Gasteiger partial charge in [-0.25, -0.2) is 0 Å². The Labute approximate surface area is 99.2 Å². The van der Waals surface area contributed by atoms with Gasteiger partial charge in [0.25, 0.3) is 0 Å². The number of ether oxygens (including phenoxy) is 1. The van der Waals surface area contributed by atoms with Crippen LogP contribution >= 0.6 is 0 Å². The fourth-order valence-electron chi connectivity index (χ4n) is 1.42. The van der Waals surface area contributed by atoms with Crippen molar-refractivity contribution >= 4 is 5.97 Å². The Bertz CT molecular complexity index is 190. The molecule has 0 fully saturated rings. The Morgan fingerprint density at radius 3 is 2.31 bits per heavy atom. The smallest absolute Gasteiger partial charge is 0.311 e. The molecule has 0 aromatic carbocycles. The number of esters is 1. The van der Waals surface area contributed by atoms with Crippen molar-refractivity contribution < 1.29 is 14.6 Å². The summed E-state index contributed by atoms with van der Waals surface area (Å²) in [5.41, 5.74) is 0. The molecule has 0 aliphatic carbocycles. The summed E-state index contributed by atoms with van der Waals surface area (Å²) in [7, 11) is 0. The van der Waals surface area contributed by atoms with Crippen LogP contribution in [0.2, 0.25) is 0 Å². The molecular formula is C13H26O3. The number of rotatable bonds is 8. The molecule has 16 heavy (non-hydrogen) atoms. The van der Waals surface area contributed by atoms with E-state index in [0.29, 0.717) is 0 Å². The maximum absolute atomic E-state index is 11.5. The standard InChI is InChI=1S/C13H26O3/c1-5-6-7-8-9-10(2)16-13(15)11(3)12(4)14/h10-12,14H,5-9H2,1-4H3/t10-,11?,12-/m1/s1. The maximum atomic E-state index is 11.5. The summed E-state index contributed by atoms with van der Waals surface area (Å²) in [6, 6.07) is 0. The van der Waals surface area contributed by atoms with Gasteiger partial charge in [0.2, 0.25) is 0 Å². The monoisotopic (exact) mass is 230 g/mol. The number of carbonyl (C=O) groups is 1. The van der Waals surface area contributed by atoms with Crippen molar-refractivity contribution in [3.63, 3.8) is 0 Å². The van der Waals surface area contributed by atoms with Crippen LogP contribution in [0.25, 0.3) is 0 Å². The van der Waals surface area contributed by atoms with Crippen LogP contribution in [0.5, 0.6) is 0 Å². The number of unbranched alkanes of at least 4 members (excludes halogenated alkanes) is 3. The van der Waals surface area contributed by atoms with Gasteiger partial charge in [-0.05, 0) is 33.6 Å². The zero-order valence-electron chi connectivity index (χ0n) is 11.0. The minimum absolute atomic E-state index is 0.0365. The fraction of sp³-hybridized carbons (Fsp3) is 0.923. The van der Waals surface area contributed by atoms with Crippen molar-refractivity contribution in [1.82, 2.24) is 0 Å². The molecule has 0 amide bonds. The van der Waals surface area contributed by atoms with Gasteiger partial charge < -0.3 is 9.84 Å². The van der Waals surface area contributed by atoms with Gasteiger partial charge in [0.05, 0.1) is 18.1 Å². The Kier molecular flexibility index (Phi) is 8.26. The lowest BCUT2D eigenvalue weighted by Gasteiger charge is -2.18. The van der Waals surface area contributed by atoms with Crippen LogP contribution in [0.15, 0.2) is 0 Å². The van der Waals surface area contributed by atoms with E-state index in [9.17, 15) is 9.90 Å². The van der Waals surface area contributed by atoms with E-state index >= 15 is 0 Å². The molecule has 0 bridgehead atoms. The molecule has 0 saturated heterocycles. The molecule has 96 valence electrons. The first-order valence-corrected chi connectivity index (χ1v) is 6.37. The van der Waals surface area contributed by atoms with Crippen molar-refractivity contribution in [1.29, 1.82) is 0 Å². The Hall–Kier alpha value is -0.570. The van der Waals surface area contributed by atoms with Crippen LogP contribution in [-0.4, -0.2) is 23.3 Å². The molecule has 1 unspecified atom stereocenters. The summed E-state index contributed by atoms with van der Waals surface area (Å²) in [6.07, 6.45) is 5.00. The predicted octanol–water partition coefficient (Wildman–Crippen LogP) is 2.91. The molecule has 3 nitrogen and oxygen atoms in total. The lowest BCUT2D eigenvalue weighted by Crippen LogP contribution is -2.27. The summed E-state index contributed by atoms with van der Waals surface area (Å²) in [4.78, 5) is 11.5. The lowest BCUT2D eigenvalue weighted by atomic mass is 10.1. The van der Waals surface area contributed by atoms with E-state index in [-0.39, 0.29) is 12.1 Å². The van der Waals surface area contributed by atoms with Crippen LogP contribution < -0.4 is 0 Å². The molecule has 1 N–H and O–H groups in total.